The number of hydrogen-bond acceptors (Lipinski definition) is 3. The van der Waals surface area contributed by atoms with Gasteiger partial charge in [0.25, 0.3) is 0 Å². The van der Waals surface area contributed by atoms with Crippen LogP contribution in [0.15, 0.2) is 18.2 Å². The Kier molecular flexibility index (Phi) is 3.49. The highest BCUT2D eigenvalue weighted by atomic mass is 16.3. The summed E-state index contributed by atoms with van der Waals surface area (Å²) >= 11 is 0. The van der Waals surface area contributed by atoms with Crippen molar-refractivity contribution in [2.24, 2.45) is 5.73 Å². The molecule has 0 aliphatic heterocycles. The molecule has 0 spiro atoms. The van der Waals surface area contributed by atoms with Crippen molar-refractivity contribution in [3.05, 3.63) is 29.3 Å². The Morgan fingerprint density at radius 3 is 2.57 bits per heavy atom. The number of phenolic OH excluding ortho intramolecular Hbond substituents is 1. The fourth-order valence-corrected chi connectivity index (χ4v) is 1.43. The number of aryl methyl sites for hydroxylation is 1. The van der Waals surface area contributed by atoms with E-state index in [9.17, 15) is 10.2 Å². The summed E-state index contributed by atoms with van der Waals surface area (Å²) in [6.45, 7) is 3.58. The Balaban J connectivity index is 3.09. The van der Waals surface area contributed by atoms with Crippen molar-refractivity contribution in [2.75, 3.05) is 0 Å². The molecular weight excluding hydrogens is 178 g/mol. The van der Waals surface area contributed by atoms with Crippen LogP contribution in [0.1, 0.15) is 31.0 Å². The quantitative estimate of drug-likeness (QED) is 0.681. The first-order valence-corrected chi connectivity index (χ1v) is 4.82. The average Bonchev–Trinajstić information content (AvgIpc) is 2.17. The van der Waals surface area contributed by atoms with Crippen LogP contribution in [-0.4, -0.2) is 16.3 Å². The molecule has 14 heavy (non-hydrogen) atoms. The molecule has 0 saturated heterocycles. The summed E-state index contributed by atoms with van der Waals surface area (Å²) in [4.78, 5) is 0. The highest BCUT2D eigenvalue weighted by Gasteiger charge is 2.16. The molecule has 1 rings (SSSR count). The normalized spacial score (nSPS) is 15.1. The highest BCUT2D eigenvalue weighted by molar-refractivity contribution is 5.42. The van der Waals surface area contributed by atoms with Crippen LogP contribution < -0.4 is 5.73 Å². The van der Waals surface area contributed by atoms with Crippen LogP contribution in [0.2, 0.25) is 0 Å². The van der Waals surface area contributed by atoms with E-state index in [4.69, 9.17) is 5.73 Å². The number of rotatable bonds is 3. The van der Waals surface area contributed by atoms with Gasteiger partial charge in [0.15, 0.2) is 0 Å². The van der Waals surface area contributed by atoms with Crippen LogP contribution in [0.5, 0.6) is 5.75 Å². The molecule has 1 aromatic carbocycles. The minimum Gasteiger partial charge on any atom is -0.507 e. The van der Waals surface area contributed by atoms with Crippen molar-refractivity contribution in [2.45, 2.75) is 32.4 Å². The van der Waals surface area contributed by atoms with Gasteiger partial charge in [-0.25, -0.2) is 0 Å². The van der Waals surface area contributed by atoms with E-state index in [1.807, 2.05) is 19.1 Å². The third kappa shape index (κ3) is 2.05. The molecule has 3 nitrogen and oxygen atoms in total. The van der Waals surface area contributed by atoms with Crippen LogP contribution in [-0.2, 0) is 6.42 Å². The fraction of sp³-hybridized carbons (Fsp3) is 0.455. The van der Waals surface area contributed by atoms with Crippen molar-refractivity contribution < 1.29 is 10.2 Å². The predicted octanol–water partition coefficient (Wildman–Crippen LogP) is 1.34. The van der Waals surface area contributed by atoms with E-state index >= 15 is 0 Å². The van der Waals surface area contributed by atoms with Crippen LogP contribution in [0, 0.1) is 0 Å². The van der Waals surface area contributed by atoms with E-state index in [2.05, 4.69) is 0 Å². The molecule has 0 bridgehead atoms. The topological polar surface area (TPSA) is 66.5 Å². The molecule has 78 valence electrons. The third-order valence-electron chi connectivity index (χ3n) is 2.41. The molecule has 2 atom stereocenters. The molecule has 2 unspecified atom stereocenters. The largest absolute Gasteiger partial charge is 0.507 e. The van der Waals surface area contributed by atoms with E-state index in [0.29, 0.717) is 5.56 Å². The van der Waals surface area contributed by atoms with Crippen molar-refractivity contribution in [1.29, 1.82) is 0 Å². The van der Waals surface area contributed by atoms with E-state index in [1.54, 1.807) is 13.0 Å². The minimum absolute atomic E-state index is 0.211. The standard InChI is InChI=1S/C11H17NO2/c1-3-8-5-4-6-9(11(8)14)10(12)7(2)13/h4-7,10,13-14H,3,12H2,1-2H3. The maximum Gasteiger partial charge on any atom is 0.123 e. The van der Waals surface area contributed by atoms with Gasteiger partial charge in [-0.1, -0.05) is 25.1 Å². The molecule has 0 aliphatic carbocycles. The Bertz CT molecular complexity index is 310. The average molecular weight is 195 g/mol. The first kappa shape index (κ1) is 11.0. The monoisotopic (exact) mass is 195 g/mol. The fourth-order valence-electron chi connectivity index (χ4n) is 1.43. The third-order valence-corrected chi connectivity index (χ3v) is 2.41. The Morgan fingerprint density at radius 2 is 2.07 bits per heavy atom. The van der Waals surface area contributed by atoms with Gasteiger partial charge in [0.2, 0.25) is 0 Å². The van der Waals surface area contributed by atoms with Gasteiger partial charge in [0, 0.05) is 5.56 Å². The van der Waals surface area contributed by atoms with Gasteiger partial charge in [0.05, 0.1) is 12.1 Å². The Hall–Kier alpha value is -1.06. The SMILES string of the molecule is CCc1cccc(C(N)C(C)O)c1O. The van der Waals surface area contributed by atoms with E-state index in [-0.39, 0.29) is 5.75 Å². The molecule has 0 aromatic heterocycles. The Morgan fingerprint density at radius 1 is 1.43 bits per heavy atom. The van der Waals surface area contributed by atoms with Gasteiger partial charge in [-0.15, -0.1) is 0 Å². The lowest BCUT2D eigenvalue weighted by molar-refractivity contribution is 0.162. The summed E-state index contributed by atoms with van der Waals surface area (Å²) in [6, 6.07) is 4.91. The van der Waals surface area contributed by atoms with Crippen LogP contribution in [0.25, 0.3) is 0 Å². The summed E-state index contributed by atoms with van der Waals surface area (Å²) in [7, 11) is 0. The lowest BCUT2D eigenvalue weighted by Crippen LogP contribution is -2.23. The number of hydrogen-bond donors (Lipinski definition) is 3. The summed E-state index contributed by atoms with van der Waals surface area (Å²) in [5.74, 6) is 0.211. The number of para-hydroxylation sites is 1. The first-order valence-electron chi connectivity index (χ1n) is 4.82. The van der Waals surface area contributed by atoms with Gasteiger partial charge in [0.1, 0.15) is 5.75 Å². The maximum atomic E-state index is 9.82. The number of benzene rings is 1. The second kappa shape index (κ2) is 4.44. The summed E-state index contributed by atoms with van der Waals surface area (Å²) in [5.41, 5.74) is 7.22. The zero-order chi connectivity index (χ0) is 10.7. The van der Waals surface area contributed by atoms with Crippen LogP contribution in [0.4, 0.5) is 0 Å². The number of aliphatic hydroxyl groups is 1. The molecule has 0 aliphatic rings. The van der Waals surface area contributed by atoms with Crippen LogP contribution >= 0.6 is 0 Å². The molecule has 0 fully saturated rings. The second-order valence-electron chi connectivity index (χ2n) is 3.47. The number of aliphatic hydroxyl groups excluding tert-OH is 1. The van der Waals surface area contributed by atoms with E-state index in [0.717, 1.165) is 12.0 Å². The number of phenols is 1. The molecule has 1 aromatic rings. The minimum atomic E-state index is -0.659. The van der Waals surface area contributed by atoms with Gasteiger partial charge >= 0.3 is 0 Å². The Labute approximate surface area is 84.2 Å². The number of aromatic hydroxyl groups is 1. The molecule has 0 saturated carbocycles. The predicted molar refractivity (Wildman–Crippen MR) is 56.1 cm³/mol. The van der Waals surface area contributed by atoms with Gasteiger partial charge in [-0.05, 0) is 18.9 Å². The zero-order valence-electron chi connectivity index (χ0n) is 8.57. The van der Waals surface area contributed by atoms with E-state index in [1.165, 1.54) is 0 Å². The molecular formula is C11H17NO2. The van der Waals surface area contributed by atoms with Crippen molar-refractivity contribution in [3.63, 3.8) is 0 Å². The maximum absolute atomic E-state index is 9.82. The molecule has 0 heterocycles. The number of nitrogens with two attached hydrogens (primary N) is 1. The second-order valence-corrected chi connectivity index (χ2v) is 3.47. The smallest absolute Gasteiger partial charge is 0.123 e. The lowest BCUT2D eigenvalue weighted by Gasteiger charge is -2.17. The van der Waals surface area contributed by atoms with Gasteiger partial charge in [-0.2, -0.15) is 0 Å². The van der Waals surface area contributed by atoms with Gasteiger partial charge in [-0.3, -0.25) is 0 Å². The van der Waals surface area contributed by atoms with E-state index < -0.39 is 12.1 Å². The molecule has 0 amide bonds. The van der Waals surface area contributed by atoms with Crippen molar-refractivity contribution >= 4 is 0 Å². The van der Waals surface area contributed by atoms with Crippen LogP contribution in [0.3, 0.4) is 0 Å². The highest BCUT2D eigenvalue weighted by Crippen LogP contribution is 2.28. The van der Waals surface area contributed by atoms with Crippen molar-refractivity contribution in [3.8, 4) is 5.75 Å². The molecule has 3 heteroatoms. The summed E-state index contributed by atoms with van der Waals surface area (Å²) in [6.07, 6.45) is 0.0969. The summed E-state index contributed by atoms with van der Waals surface area (Å²) < 4.78 is 0. The summed E-state index contributed by atoms with van der Waals surface area (Å²) in [5, 5.41) is 19.1. The molecule has 4 N–H and O–H groups in total. The van der Waals surface area contributed by atoms with Gasteiger partial charge < -0.3 is 15.9 Å². The lowest BCUT2D eigenvalue weighted by atomic mass is 9.98. The zero-order valence-corrected chi connectivity index (χ0v) is 8.57. The van der Waals surface area contributed by atoms with Crippen molar-refractivity contribution in [1.82, 2.24) is 0 Å². The molecule has 0 radical (unpaired) electrons. The first-order chi connectivity index (χ1) is 6.57.